The highest BCUT2D eigenvalue weighted by Crippen LogP contribution is 2.28. The molecule has 3 rings (SSSR count). The maximum Gasteiger partial charge on any atom is 0.410 e. The number of carboxylic acids is 1. The van der Waals surface area contributed by atoms with Gasteiger partial charge in [0.25, 0.3) is 0 Å². The summed E-state index contributed by atoms with van der Waals surface area (Å²) in [7, 11) is 0. The van der Waals surface area contributed by atoms with Crippen LogP contribution >= 0.6 is 0 Å². The number of piperazine rings is 1. The average molecular weight is 511 g/mol. The van der Waals surface area contributed by atoms with E-state index in [2.05, 4.69) is 9.80 Å². The molecule has 0 bridgehead atoms. The normalized spacial score (nSPS) is 23.4. The van der Waals surface area contributed by atoms with E-state index in [1.165, 1.54) is 0 Å². The van der Waals surface area contributed by atoms with Crippen LogP contribution in [0.2, 0.25) is 0 Å². The number of cyclic esters (lactones) is 1. The number of hydrogen-bond donors (Lipinski definition) is 3. The van der Waals surface area contributed by atoms with Crippen molar-refractivity contribution < 1.29 is 29.0 Å². The highest BCUT2D eigenvalue weighted by atomic mass is 16.6. The van der Waals surface area contributed by atoms with Gasteiger partial charge in [0.15, 0.2) is 0 Å². The first kappa shape index (κ1) is 28.0. The summed E-state index contributed by atoms with van der Waals surface area (Å²) in [6.45, 7) is 11.6. The molecule has 3 saturated heterocycles. The van der Waals surface area contributed by atoms with Gasteiger partial charge in [0.05, 0.1) is 12.6 Å². The molecule has 0 aromatic heterocycles. The van der Waals surface area contributed by atoms with Gasteiger partial charge in [-0.3, -0.25) is 20.0 Å². The van der Waals surface area contributed by atoms with Crippen molar-refractivity contribution in [3.63, 3.8) is 0 Å². The van der Waals surface area contributed by atoms with Crippen LogP contribution in [0, 0.1) is 11.3 Å². The number of piperidine rings is 1. The minimum absolute atomic E-state index is 0.0261. The Morgan fingerprint density at radius 2 is 1.75 bits per heavy atom. The van der Waals surface area contributed by atoms with Crippen molar-refractivity contribution in [1.82, 2.24) is 19.6 Å². The van der Waals surface area contributed by atoms with Crippen LogP contribution < -0.4 is 5.73 Å². The summed E-state index contributed by atoms with van der Waals surface area (Å²) in [5, 5.41) is 17.0. The average Bonchev–Trinajstić information content (AvgIpc) is 3.13. The number of rotatable bonds is 9. The SMILES string of the molecule is CC(C)(C)OC(=O)N1CCC(C(C(=N)N)N2CC(CN3CCN(CCCC(=O)O)CC3)OC2=O)CC1. The van der Waals surface area contributed by atoms with Crippen molar-refractivity contribution in [2.75, 3.05) is 58.9 Å². The van der Waals surface area contributed by atoms with Crippen molar-refractivity contribution in [2.24, 2.45) is 11.7 Å². The van der Waals surface area contributed by atoms with E-state index in [0.717, 1.165) is 32.7 Å². The summed E-state index contributed by atoms with van der Waals surface area (Å²) in [4.78, 5) is 43.6. The second-order valence-electron chi connectivity index (χ2n) is 11.0. The van der Waals surface area contributed by atoms with E-state index in [-0.39, 0.29) is 30.4 Å². The first-order valence-electron chi connectivity index (χ1n) is 12.9. The van der Waals surface area contributed by atoms with Crippen LogP contribution in [0.4, 0.5) is 9.59 Å². The van der Waals surface area contributed by atoms with Crippen LogP contribution in [0.5, 0.6) is 0 Å². The van der Waals surface area contributed by atoms with Gasteiger partial charge in [0.2, 0.25) is 0 Å². The Labute approximate surface area is 213 Å². The van der Waals surface area contributed by atoms with Crippen molar-refractivity contribution in [3.8, 4) is 0 Å². The van der Waals surface area contributed by atoms with Gasteiger partial charge in [-0.2, -0.15) is 0 Å². The maximum atomic E-state index is 12.8. The molecule has 0 radical (unpaired) electrons. The Bertz CT molecular complexity index is 801. The molecule has 0 aliphatic carbocycles. The lowest BCUT2D eigenvalue weighted by atomic mass is 9.88. The Balaban J connectivity index is 1.47. The number of likely N-dealkylation sites (tertiary alicyclic amines) is 1. The molecule has 3 aliphatic heterocycles. The standard InChI is InChI=1S/C24H42N6O6/c1-24(2,3)36-22(33)29-9-6-17(7-10-29)20(21(25)26)30-16-18(35-23(30)34)15-28-13-11-27(12-14-28)8-4-5-19(31)32/h17-18,20H,4-16H2,1-3H3,(H3,25,26)(H,31,32). The van der Waals surface area contributed by atoms with Crippen molar-refractivity contribution >= 4 is 24.0 Å². The first-order chi connectivity index (χ1) is 16.9. The van der Waals surface area contributed by atoms with E-state index in [0.29, 0.717) is 45.4 Å². The molecule has 3 aliphatic rings. The molecule has 3 heterocycles. The van der Waals surface area contributed by atoms with Gasteiger partial charge >= 0.3 is 18.2 Å². The minimum Gasteiger partial charge on any atom is -0.481 e. The smallest absolute Gasteiger partial charge is 0.410 e. The number of ether oxygens (including phenoxy) is 2. The molecule has 2 unspecified atom stereocenters. The molecule has 2 amide bonds. The number of nitrogens with zero attached hydrogens (tertiary/aromatic N) is 4. The van der Waals surface area contributed by atoms with Crippen molar-refractivity contribution in [3.05, 3.63) is 0 Å². The second-order valence-corrected chi connectivity index (χ2v) is 11.0. The highest BCUT2D eigenvalue weighted by Gasteiger charge is 2.43. The van der Waals surface area contributed by atoms with E-state index >= 15 is 0 Å². The summed E-state index contributed by atoms with van der Waals surface area (Å²) in [5.74, 6) is -0.848. The quantitative estimate of drug-likeness (QED) is 0.307. The van der Waals surface area contributed by atoms with Gasteiger partial charge in [-0.25, -0.2) is 9.59 Å². The van der Waals surface area contributed by atoms with Crippen LogP contribution in [0.25, 0.3) is 0 Å². The summed E-state index contributed by atoms with van der Waals surface area (Å²) in [6.07, 6.45) is 1.01. The van der Waals surface area contributed by atoms with E-state index in [9.17, 15) is 14.4 Å². The minimum atomic E-state index is -0.765. The third-order valence-electron chi connectivity index (χ3n) is 6.99. The van der Waals surface area contributed by atoms with E-state index < -0.39 is 23.7 Å². The number of carbonyl (C=O) groups excluding carboxylic acids is 2. The number of nitrogens with one attached hydrogen (secondary N) is 1. The molecule has 3 fully saturated rings. The van der Waals surface area contributed by atoms with E-state index in [1.807, 2.05) is 20.8 Å². The zero-order valence-electron chi connectivity index (χ0n) is 21.8. The lowest BCUT2D eigenvalue weighted by Gasteiger charge is -2.38. The molecule has 0 aromatic rings. The Kier molecular flexibility index (Phi) is 9.40. The number of carboxylic acid groups (broad SMARTS) is 1. The van der Waals surface area contributed by atoms with Crippen molar-refractivity contribution in [1.29, 1.82) is 5.41 Å². The Morgan fingerprint density at radius 3 is 2.31 bits per heavy atom. The molecule has 0 saturated carbocycles. The van der Waals surface area contributed by atoms with Crippen LogP contribution in [0.15, 0.2) is 0 Å². The third-order valence-corrected chi connectivity index (χ3v) is 6.99. The molecular formula is C24H42N6O6. The molecule has 0 aromatic carbocycles. The van der Waals surface area contributed by atoms with Gasteiger partial charge in [-0.15, -0.1) is 0 Å². The van der Waals surface area contributed by atoms with Crippen LogP contribution in [0.3, 0.4) is 0 Å². The topological polar surface area (TPSA) is 153 Å². The van der Waals surface area contributed by atoms with Gasteiger partial charge in [0, 0.05) is 52.2 Å². The molecular weight excluding hydrogens is 468 g/mol. The van der Waals surface area contributed by atoms with Crippen LogP contribution in [0.1, 0.15) is 46.5 Å². The fraction of sp³-hybridized carbons (Fsp3) is 0.833. The number of aliphatic carboxylic acids is 1. The number of amides is 2. The van der Waals surface area contributed by atoms with Gasteiger partial charge < -0.3 is 30.1 Å². The second kappa shape index (κ2) is 12.1. The van der Waals surface area contributed by atoms with E-state index in [1.54, 1.807) is 9.80 Å². The highest BCUT2D eigenvalue weighted by molar-refractivity contribution is 5.87. The number of amidine groups is 1. The zero-order valence-corrected chi connectivity index (χ0v) is 21.8. The zero-order chi connectivity index (χ0) is 26.5. The van der Waals surface area contributed by atoms with E-state index in [4.69, 9.17) is 25.7 Å². The van der Waals surface area contributed by atoms with Crippen molar-refractivity contribution in [2.45, 2.75) is 64.2 Å². The summed E-state index contributed by atoms with van der Waals surface area (Å²) in [6, 6.07) is -0.547. The Hall–Kier alpha value is -2.60. The van der Waals surface area contributed by atoms with Gasteiger partial charge in [-0.05, 0) is 52.5 Å². The monoisotopic (exact) mass is 510 g/mol. The lowest BCUT2D eigenvalue weighted by molar-refractivity contribution is -0.137. The fourth-order valence-corrected chi connectivity index (χ4v) is 5.20. The summed E-state index contributed by atoms with van der Waals surface area (Å²) < 4.78 is 11.1. The molecule has 12 heteroatoms. The molecule has 4 N–H and O–H groups in total. The van der Waals surface area contributed by atoms with Crippen LogP contribution in [-0.2, 0) is 14.3 Å². The number of hydrogen-bond acceptors (Lipinski definition) is 8. The fourth-order valence-electron chi connectivity index (χ4n) is 5.20. The number of carbonyl (C=O) groups is 3. The van der Waals surface area contributed by atoms with Crippen LogP contribution in [-0.4, -0.2) is 125 Å². The molecule has 2 atom stereocenters. The van der Waals surface area contributed by atoms with Gasteiger partial charge in [0.1, 0.15) is 17.5 Å². The largest absolute Gasteiger partial charge is 0.481 e. The maximum absolute atomic E-state index is 12.8. The number of nitrogens with two attached hydrogens (primary N) is 1. The predicted octanol–water partition coefficient (Wildman–Crippen LogP) is 1.24. The molecule has 12 nitrogen and oxygen atoms in total. The predicted molar refractivity (Wildman–Crippen MR) is 133 cm³/mol. The molecule has 204 valence electrons. The first-order valence-corrected chi connectivity index (χ1v) is 12.9. The summed E-state index contributed by atoms with van der Waals surface area (Å²) >= 11 is 0. The Morgan fingerprint density at radius 1 is 1.14 bits per heavy atom. The lowest BCUT2D eigenvalue weighted by Crippen LogP contribution is -2.53. The molecule has 0 spiro atoms. The molecule has 36 heavy (non-hydrogen) atoms. The third kappa shape index (κ3) is 7.95. The van der Waals surface area contributed by atoms with Gasteiger partial charge in [-0.1, -0.05) is 0 Å². The summed E-state index contributed by atoms with van der Waals surface area (Å²) in [5.41, 5.74) is 5.41.